The van der Waals surface area contributed by atoms with E-state index >= 15 is 0 Å². The van der Waals surface area contributed by atoms with Crippen LogP contribution in [0.3, 0.4) is 0 Å². The Balaban J connectivity index is 2.05. The van der Waals surface area contributed by atoms with Gasteiger partial charge in [0.2, 0.25) is 5.82 Å². The van der Waals surface area contributed by atoms with Gasteiger partial charge in [-0.1, -0.05) is 32.1 Å². The Morgan fingerprint density at radius 2 is 1.82 bits per heavy atom. The molecular weight excluding hydrogens is 282 g/mol. The Morgan fingerprint density at radius 3 is 2.45 bits per heavy atom. The maximum atomic E-state index is 14.0. The van der Waals surface area contributed by atoms with E-state index in [4.69, 9.17) is 4.74 Å². The summed E-state index contributed by atoms with van der Waals surface area (Å²) in [5, 5.41) is 0. The summed E-state index contributed by atoms with van der Waals surface area (Å²) in [6.45, 7) is 4.51. The predicted molar refractivity (Wildman–Crippen MR) is 84.8 cm³/mol. The van der Waals surface area contributed by atoms with Gasteiger partial charge >= 0.3 is 0 Å². The van der Waals surface area contributed by atoms with Crippen molar-refractivity contribution in [1.29, 1.82) is 0 Å². The van der Waals surface area contributed by atoms with Gasteiger partial charge in [-0.15, -0.1) is 0 Å². The van der Waals surface area contributed by atoms with Crippen molar-refractivity contribution in [3.05, 3.63) is 29.3 Å². The van der Waals surface area contributed by atoms with Gasteiger partial charge in [0, 0.05) is 5.92 Å². The van der Waals surface area contributed by atoms with E-state index in [-0.39, 0.29) is 11.3 Å². The molecule has 3 heteroatoms. The number of ether oxygens (including phenoxy) is 1. The molecule has 0 amide bonds. The first-order chi connectivity index (χ1) is 10.7. The molecule has 0 atom stereocenters. The van der Waals surface area contributed by atoms with Crippen LogP contribution >= 0.6 is 0 Å². The molecule has 0 aromatic heterocycles. The smallest absolute Gasteiger partial charge is 0.201 e. The normalized spacial score (nSPS) is 21.1. The molecule has 0 aliphatic heterocycles. The second kappa shape index (κ2) is 8.17. The van der Waals surface area contributed by atoms with Crippen molar-refractivity contribution < 1.29 is 13.5 Å². The number of benzene rings is 1. The lowest BCUT2D eigenvalue weighted by molar-refractivity contribution is 0.295. The zero-order chi connectivity index (χ0) is 15.9. The molecule has 1 aromatic rings. The second-order valence-corrected chi connectivity index (χ2v) is 5.98. The Labute approximate surface area is 132 Å². The highest BCUT2D eigenvalue weighted by Crippen LogP contribution is 2.30. The van der Waals surface area contributed by atoms with Gasteiger partial charge in [-0.2, -0.15) is 4.39 Å². The Hall–Kier alpha value is -1.56. The molecule has 0 N–H and O–H groups in total. The van der Waals surface area contributed by atoms with Gasteiger partial charge in [-0.3, -0.25) is 0 Å². The molecular formula is C19H24F2O. The van der Waals surface area contributed by atoms with Crippen LogP contribution in [0.4, 0.5) is 8.78 Å². The molecule has 0 radical (unpaired) electrons. The number of rotatable bonds is 4. The van der Waals surface area contributed by atoms with Crippen LogP contribution in [0.15, 0.2) is 12.1 Å². The van der Waals surface area contributed by atoms with E-state index < -0.39 is 11.6 Å². The highest BCUT2D eigenvalue weighted by atomic mass is 19.2. The highest BCUT2D eigenvalue weighted by Gasteiger charge is 2.18. The van der Waals surface area contributed by atoms with Crippen molar-refractivity contribution in [2.75, 3.05) is 6.61 Å². The molecule has 1 fully saturated rings. The Kier molecular flexibility index (Phi) is 6.24. The van der Waals surface area contributed by atoms with Crippen LogP contribution in [0.1, 0.15) is 57.9 Å². The standard InChI is InChI=1S/C19H24F2O/c1-3-13-22-17-12-11-16(18(20)19(17)21)10-9-15-7-5-14(4-2)6-8-15/h11-12,14-15H,3-8,13H2,1-2H3. The molecule has 120 valence electrons. The topological polar surface area (TPSA) is 9.23 Å². The fraction of sp³-hybridized carbons (Fsp3) is 0.579. The van der Waals surface area contributed by atoms with Crippen molar-refractivity contribution >= 4 is 0 Å². The van der Waals surface area contributed by atoms with E-state index in [0.29, 0.717) is 12.5 Å². The third-order valence-electron chi connectivity index (χ3n) is 4.34. The first-order valence-electron chi connectivity index (χ1n) is 8.28. The summed E-state index contributed by atoms with van der Waals surface area (Å²) in [5.74, 6) is 5.18. The van der Waals surface area contributed by atoms with Gasteiger partial charge in [0.15, 0.2) is 11.6 Å². The van der Waals surface area contributed by atoms with Gasteiger partial charge in [-0.25, -0.2) is 4.39 Å². The highest BCUT2D eigenvalue weighted by molar-refractivity contribution is 5.41. The van der Waals surface area contributed by atoms with Crippen molar-refractivity contribution in [2.45, 2.75) is 52.4 Å². The quantitative estimate of drug-likeness (QED) is 0.684. The molecule has 1 saturated carbocycles. The van der Waals surface area contributed by atoms with Gasteiger partial charge in [0.05, 0.1) is 12.2 Å². The van der Waals surface area contributed by atoms with E-state index in [1.165, 1.54) is 31.4 Å². The minimum atomic E-state index is -0.935. The van der Waals surface area contributed by atoms with Gasteiger partial charge in [0.25, 0.3) is 0 Å². The third kappa shape index (κ3) is 4.22. The van der Waals surface area contributed by atoms with Gasteiger partial charge in [-0.05, 0) is 50.2 Å². The Morgan fingerprint density at radius 1 is 1.09 bits per heavy atom. The van der Waals surface area contributed by atoms with Crippen LogP contribution in [-0.4, -0.2) is 6.61 Å². The average Bonchev–Trinajstić information content (AvgIpc) is 2.56. The Bertz CT molecular complexity index is 549. The van der Waals surface area contributed by atoms with Crippen LogP contribution in [0.5, 0.6) is 5.75 Å². The summed E-state index contributed by atoms with van der Waals surface area (Å²) >= 11 is 0. The molecule has 0 heterocycles. The van der Waals surface area contributed by atoms with Crippen molar-refractivity contribution in [2.24, 2.45) is 11.8 Å². The minimum Gasteiger partial charge on any atom is -0.490 e. The summed E-state index contributed by atoms with van der Waals surface area (Å²) in [4.78, 5) is 0. The summed E-state index contributed by atoms with van der Waals surface area (Å²) < 4.78 is 33.1. The van der Waals surface area contributed by atoms with E-state index in [1.54, 1.807) is 0 Å². The van der Waals surface area contributed by atoms with Crippen molar-refractivity contribution in [3.8, 4) is 17.6 Å². The first-order valence-corrected chi connectivity index (χ1v) is 8.28. The molecule has 22 heavy (non-hydrogen) atoms. The van der Waals surface area contributed by atoms with Crippen LogP contribution in [0, 0.1) is 35.3 Å². The molecule has 0 unspecified atom stereocenters. The molecule has 2 rings (SSSR count). The molecule has 0 bridgehead atoms. The molecule has 1 nitrogen and oxygen atoms in total. The van der Waals surface area contributed by atoms with Crippen LogP contribution in [0.25, 0.3) is 0 Å². The monoisotopic (exact) mass is 306 g/mol. The largest absolute Gasteiger partial charge is 0.490 e. The molecule has 1 aliphatic carbocycles. The van der Waals surface area contributed by atoms with Crippen LogP contribution in [0.2, 0.25) is 0 Å². The lowest BCUT2D eigenvalue weighted by atomic mass is 9.81. The van der Waals surface area contributed by atoms with E-state index in [9.17, 15) is 8.78 Å². The van der Waals surface area contributed by atoms with Gasteiger partial charge in [0.1, 0.15) is 0 Å². The van der Waals surface area contributed by atoms with E-state index in [2.05, 4.69) is 18.8 Å². The lowest BCUT2D eigenvalue weighted by Crippen LogP contribution is -2.12. The molecule has 1 aromatic carbocycles. The predicted octanol–water partition coefficient (Wildman–Crippen LogP) is 5.32. The third-order valence-corrected chi connectivity index (χ3v) is 4.34. The lowest BCUT2D eigenvalue weighted by Gasteiger charge is -2.24. The van der Waals surface area contributed by atoms with E-state index in [1.807, 2.05) is 6.92 Å². The van der Waals surface area contributed by atoms with Crippen LogP contribution in [-0.2, 0) is 0 Å². The number of hydrogen-bond donors (Lipinski definition) is 0. The number of halogens is 2. The summed E-state index contributed by atoms with van der Waals surface area (Å²) in [6, 6.07) is 2.97. The first kappa shape index (κ1) is 16.8. The SMILES string of the molecule is CCCOc1ccc(C#CC2CCC(CC)CC2)c(F)c1F. The van der Waals surface area contributed by atoms with Crippen molar-refractivity contribution in [3.63, 3.8) is 0 Å². The second-order valence-electron chi connectivity index (χ2n) is 5.98. The van der Waals surface area contributed by atoms with E-state index in [0.717, 1.165) is 25.2 Å². The summed E-state index contributed by atoms with van der Waals surface area (Å²) in [6.07, 6.45) is 6.48. The molecule has 1 aliphatic rings. The molecule has 0 spiro atoms. The zero-order valence-corrected chi connectivity index (χ0v) is 13.4. The van der Waals surface area contributed by atoms with Crippen LogP contribution < -0.4 is 4.74 Å². The number of hydrogen-bond acceptors (Lipinski definition) is 1. The average molecular weight is 306 g/mol. The summed E-state index contributed by atoms with van der Waals surface area (Å²) in [7, 11) is 0. The van der Waals surface area contributed by atoms with Crippen molar-refractivity contribution in [1.82, 2.24) is 0 Å². The maximum Gasteiger partial charge on any atom is 0.201 e. The zero-order valence-electron chi connectivity index (χ0n) is 13.4. The summed E-state index contributed by atoms with van der Waals surface area (Å²) in [5.41, 5.74) is 0.124. The fourth-order valence-corrected chi connectivity index (χ4v) is 2.85. The minimum absolute atomic E-state index is 0.0339. The maximum absolute atomic E-state index is 14.0. The fourth-order valence-electron chi connectivity index (χ4n) is 2.85. The molecule has 0 saturated heterocycles. The van der Waals surface area contributed by atoms with Gasteiger partial charge < -0.3 is 4.74 Å².